The van der Waals surface area contributed by atoms with Crippen LogP contribution in [-0.4, -0.2) is 41.4 Å². The first-order chi connectivity index (χ1) is 11.5. The van der Waals surface area contributed by atoms with Gasteiger partial charge in [-0.2, -0.15) is 0 Å². The Balaban J connectivity index is 1.68. The molecular weight excluding hydrogens is 327 g/mol. The summed E-state index contributed by atoms with van der Waals surface area (Å²) >= 11 is 6.17. The quantitative estimate of drug-likeness (QED) is 0.819. The lowest BCUT2D eigenvalue weighted by Gasteiger charge is -2.47. The van der Waals surface area contributed by atoms with Crippen LogP contribution in [0.15, 0.2) is 18.2 Å². The summed E-state index contributed by atoms with van der Waals surface area (Å²) in [5.41, 5.74) is 0.587. The Morgan fingerprint density at radius 1 is 1.33 bits per heavy atom. The van der Waals surface area contributed by atoms with Crippen LogP contribution < -0.4 is 0 Å². The Hall–Kier alpha value is -1.13. The van der Waals surface area contributed by atoms with Gasteiger partial charge in [0.25, 0.3) is 0 Å². The van der Waals surface area contributed by atoms with Crippen molar-refractivity contribution < 1.29 is 9.18 Å². The third kappa shape index (κ3) is 3.75. The lowest BCUT2D eigenvalue weighted by Crippen LogP contribution is -2.56. The third-order valence-electron chi connectivity index (χ3n) is 5.23. The zero-order valence-corrected chi connectivity index (χ0v) is 15.2. The summed E-state index contributed by atoms with van der Waals surface area (Å²) in [5.74, 6) is 1.05. The zero-order valence-electron chi connectivity index (χ0n) is 14.5. The van der Waals surface area contributed by atoms with Gasteiger partial charge in [-0.25, -0.2) is 4.39 Å². The zero-order chi connectivity index (χ0) is 17.3. The van der Waals surface area contributed by atoms with Gasteiger partial charge in [-0.3, -0.25) is 9.69 Å². The van der Waals surface area contributed by atoms with Gasteiger partial charge in [0.1, 0.15) is 5.82 Å². The van der Waals surface area contributed by atoms with Crippen LogP contribution in [0.1, 0.15) is 38.7 Å². The van der Waals surface area contributed by atoms with Crippen LogP contribution in [0.25, 0.3) is 0 Å². The van der Waals surface area contributed by atoms with Gasteiger partial charge in [-0.15, -0.1) is 0 Å². The second kappa shape index (κ2) is 7.40. The highest BCUT2D eigenvalue weighted by Gasteiger charge is 2.39. The number of carbonyl (C=O) groups is 1. The van der Waals surface area contributed by atoms with Gasteiger partial charge in [-0.05, 0) is 36.8 Å². The highest BCUT2D eigenvalue weighted by Crippen LogP contribution is 2.33. The van der Waals surface area contributed by atoms with E-state index in [9.17, 15) is 9.18 Å². The van der Waals surface area contributed by atoms with Crippen molar-refractivity contribution in [3.8, 4) is 0 Å². The van der Waals surface area contributed by atoms with Gasteiger partial charge < -0.3 is 4.90 Å². The van der Waals surface area contributed by atoms with E-state index >= 15 is 0 Å². The molecule has 2 aliphatic heterocycles. The maximum Gasteiger partial charge on any atom is 0.222 e. The molecule has 3 rings (SSSR count). The first-order valence-electron chi connectivity index (χ1n) is 8.90. The smallest absolute Gasteiger partial charge is 0.222 e. The Bertz CT molecular complexity index is 587. The van der Waals surface area contributed by atoms with Crippen LogP contribution >= 0.6 is 11.6 Å². The van der Waals surface area contributed by atoms with Gasteiger partial charge in [-0.1, -0.05) is 31.5 Å². The SMILES string of the molecule is CC(C)CN1C(=O)CC[C@H]2CN(Cc3c(F)cccc3Cl)CC[C@H]21. The molecule has 1 aromatic carbocycles. The van der Waals surface area contributed by atoms with Gasteiger partial charge in [0.2, 0.25) is 5.91 Å². The molecule has 1 amide bonds. The lowest BCUT2D eigenvalue weighted by atomic mass is 9.83. The van der Waals surface area contributed by atoms with Crippen molar-refractivity contribution in [3.63, 3.8) is 0 Å². The summed E-state index contributed by atoms with van der Waals surface area (Å²) in [6, 6.07) is 5.21. The molecule has 0 bridgehead atoms. The van der Waals surface area contributed by atoms with Crippen molar-refractivity contribution in [2.45, 2.75) is 45.7 Å². The van der Waals surface area contributed by atoms with Gasteiger partial charge in [0, 0.05) is 49.2 Å². The molecule has 2 fully saturated rings. The summed E-state index contributed by atoms with van der Waals surface area (Å²) in [4.78, 5) is 16.7. The van der Waals surface area contributed by atoms with Crippen molar-refractivity contribution in [1.82, 2.24) is 9.80 Å². The number of likely N-dealkylation sites (tertiary alicyclic amines) is 2. The number of hydrogen-bond donors (Lipinski definition) is 0. The van der Waals surface area contributed by atoms with Crippen LogP contribution in [-0.2, 0) is 11.3 Å². The molecule has 3 nitrogen and oxygen atoms in total. The highest BCUT2D eigenvalue weighted by atomic mass is 35.5. The van der Waals surface area contributed by atoms with E-state index in [1.165, 1.54) is 6.07 Å². The van der Waals surface area contributed by atoms with Crippen molar-refractivity contribution in [2.24, 2.45) is 11.8 Å². The highest BCUT2D eigenvalue weighted by molar-refractivity contribution is 6.31. The third-order valence-corrected chi connectivity index (χ3v) is 5.59. The van der Waals surface area contributed by atoms with Crippen molar-refractivity contribution >= 4 is 17.5 Å². The van der Waals surface area contributed by atoms with Gasteiger partial charge >= 0.3 is 0 Å². The minimum absolute atomic E-state index is 0.232. The maximum atomic E-state index is 14.0. The molecule has 0 spiro atoms. The maximum absolute atomic E-state index is 14.0. The van der Waals surface area contributed by atoms with E-state index in [0.717, 1.165) is 32.5 Å². The Morgan fingerprint density at radius 3 is 2.83 bits per heavy atom. The fourth-order valence-corrected chi connectivity index (χ4v) is 4.33. The number of carbonyl (C=O) groups excluding carboxylic acids is 1. The van der Waals surface area contributed by atoms with Gasteiger partial charge in [0.05, 0.1) is 0 Å². The number of fused-ring (bicyclic) bond motifs is 1. The molecule has 1 aromatic rings. The molecule has 2 atom stereocenters. The largest absolute Gasteiger partial charge is 0.339 e. The van der Waals surface area contributed by atoms with Crippen LogP contribution in [0.2, 0.25) is 5.02 Å². The van der Waals surface area contributed by atoms with Gasteiger partial charge in [0.15, 0.2) is 0 Å². The van der Waals surface area contributed by atoms with Crippen molar-refractivity contribution in [1.29, 1.82) is 0 Å². The average Bonchev–Trinajstić information content (AvgIpc) is 2.53. The Morgan fingerprint density at radius 2 is 2.12 bits per heavy atom. The number of amides is 1. The van der Waals surface area contributed by atoms with E-state index in [4.69, 9.17) is 11.6 Å². The first-order valence-corrected chi connectivity index (χ1v) is 9.28. The topological polar surface area (TPSA) is 23.6 Å². The van der Waals surface area contributed by atoms with Crippen LogP contribution in [0.3, 0.4) is 0 Å². The number of rotatable bonds is 4. The van der Waals surface area contributed by atoms with E-state index in [1.54, 1.807) is 12.1 Å². The second-order valence-electron chi connectivity index (χ2n) is 7.53. The molecule has 0 aliphatic carbocycles. The van der Waals surface area contributed by atoms with E-state index < -0.39 is 0 Å². The van der Waals surface area contributed by atoms with Crippen molar-refractivity contribution in [3.05, 3.63) is 34.6 Å². The molecule has 0 radical (unpaired) electrons. The predicted octanol–water partition coefficient (Wildman–Crippen LogP) is 3.95. The molecule has 132 valence electrons. The summed E-state index contributed by atoms with van der Waals surface area (Å²) in [5, 5.41) is 0.498. The van der Waals surface area contributed by atoms with Crippen LogP contribution in [0.4, 0.5) is 4.39 Å². The minimum Gasteiger partial charge on any atom is -0.339 e. The number of piperidine rings is 2. The predicted molar refractivity (Wildman–Crippen MR) is 94.4 cm³/mol. The summed E-state index contributed by atoms with van der Waals surface area (Å²) in [6.07, 6.45) is 2.55. The average molecular weight is 353 g/mol. The summed E-state index contributed by atoms with van der Waals surface area (Å²) < 4.78 is 14.0. The molecule has 24 heavy (non-hydrogen) atoms. The minimum atomic E-state index is -0.232. The summed E-state index contributed by atoms with van der Waals surface area (Å²) in [6.45, 7) is 7.51. The van der Waals surface area contributed by atoms with E-state index in [2.05, 4.69) is 23.6 Å². The Kier molecular flexibility index (Phi) is 5.46. The summed E-state index contributed by atoms with van der Waals surface area (Å²) in [7, 11) is 0. The van der Waals surface area contributed by atoms with E-state index in [0.29, 0.717) is 47.3 Å². The lowest BCUT2D eigenvalue weighted by molar-refractivity contribution is -0.142. The number of benzene rings is 1. The molecule has 2 saturated heterocycles. The molecule has 2 heterocycles. The molecule has 0 unspecified atom stereocenters. The molecule has 5 heteroatoms. The fraction of sp³-hybridized carbons (Fsp3) is 0.632. The molecule has 0 N–H and O–H groups in total. The normalized spacial score (nSPS) is 25.2. The van der Waals surface area contributed by atoms with Crippen molar-refractivity contribution in [2.75, 3.05) is 19.6 Å². The molecule has 2 aliphatic rings. The Labute approximate surface area is 148 Å². The van der Waals surface area contributed by atoms with E-state index in [1.807, 2.05) is 0 Å². The molecule has 0 saturated carbocycles. The first kappa shape index (κ1) is 17.7. The standard InChI is InChI=1S/C19H26ClFN2O/c1-13(2)10-23-18-8-9-22(11-14(18)6-7-19(23)24)12-15-16(20)4-3-5-17(15)21/h3-5,13-14,18H,6-12H2,1-2H3/t14-,18+/m0/s1. The number of nitrogens with zero attached hydrogens (tertiary/aromatic N) is 2. The number of hydrogen-bond acceptors (Lipinski definition) is 2. The number of halogens is 2. The van der Waals surface area contributed by atoms with Crippen LogP contribution in [0, 0.1) is 17.7 Å². The monoisotopic (exact) mass is 352 g/mol. The van der Waals surface area contributed by atoms with E-state index in [-0.39, 0.29) is 5.82 Å². The van der Waals surface area contributed by atoms with Crippen LogP contribution in [0.5, 0.6) is 0 Å². The molecular formula is C19H26ClFN2O. The second-order valence-corrected chi connectivity index (χ2v) is 7.94. The molecule has 0 aromatic heterocycles. The fourth-order valence-electron chi connectivity index (χ4n) is 4.11.